The molecule has 0 aliphatic carbocycles. The van der Waals surface area contributed by atoms with E-state index in [-0.39, 0.29) is 36.2 Å². The highest BCUT2D eigenvalue weighted by Crippen LogP contribution is 2.27. The summed E-state index contributed by atoms with van der Waals surface area (Å²) in [5.41, 5.74) is 0. The van der Waals surface area contributed by atoms with E-state index in [9.17, 15) is 14.4 Å². The topological polar surface area (TPSA) is 98.7 Å². The number of amides is 3. The van der Waals surface area contributed by atoms with Gasteiger partial charge in [-0.3, -0.25) is 9.59 Å². The molecule has 2 saturated heterocycles. The molecule has 0 spiro atoms. The van der Waals surface area contributed by atoms with Gasteiger partial charge >= 0.3 is 12.0 Å². The molecule has 2 heterocycles. The second kappa shape index (κ2) is 6.32. The molecule has 7 heteroatoms. The van der Waals surface area contributed by atoms with Crippen LogP contribution in [0.25, 0.3) is 0 Å². The van der Waals surface area contributed by atoms with Crippen LogP contribution in [0.3, 0.4) is 0 Å². The van der Waals surface area contributed by atoms with Crippen molar-refractivity contribution in [1.82, 2.24) is 15.5 Å². The van der Waals surface area contributed by atoms with E-state index in [0.29, 0.717) is 13.1 Å². The average Bonchev–Trinajstić information content (AvgIpc) is 2.79. The van der Waals surface area contributed by atoms with Gasteiger partial charge in [-0.25, -0.2) is 4.79 Å². The van der Waals surface area contributed by atoms with Crippen molar-refractivity contribution in [3.63, 3.8) is 0 Å². The van der Waals surface area contributed by atoms with Crippen molar-refractivity contribution in [1.29, 1.82) is 0 Å². The highest BCUT2D eigenvalue weighted by Gasteiger charge is 2.43. The van der Waals surface area contributed by atoms with Gasteiger partial charge in [-0.05, 0) is 18.8 Å². The Morgan fingerprint density at radius 2 is 2.19 bits per heavy atom. The van der Waals surface area contributed by atoms with Gasteiger partial charge in [-0.15, -0.1) is 0 Å². The molecular formula is C14H23N3O4. The second-order valence-electron chi connectivity index (χ2n) is 6.15. The third kappa shape index (κ3) is 3.46. The summed E-state index contributed by atoms with van der Waals surface area (Å²) in [5.74, 6) is -0.998. The molecule has 2 aliphatic rings. The minimum Gasteiger partial charge on any atom is -0.481 e. The van der Waals surface area contributed by atoms with Crippen LogP contribution in [0.1, 0.15) is 33.1 Å². The van der Waals surface area contributed by atoms with E-state index < -0.39 is 12.0 Å². The lowest BCUT2D eigenvalue weighted by Gasteiger charge is -2.37. The first-order valence-corrected chi connectivity index (χ1v) is 7.46. The third-order valence-electron chi connectivity index (χ3n) is 4.37. The minimum absolute atomic E-state index is 0.0171. The van der Waals surface area contributed by atoms with E-state index in [1.165, 1.54) is 0 Å². The Labute approximate surface area is 124 Å². The highest BCUT2D eigenvalue weighted by molar-refractivity contribution is 5.84. The number of hydrogen-bond acceptors (Lipinski definition) is 3. The zero-order valence-corrected chi connectivity index (χ0v) is 12.5. The van der Waals surface area contributed by atoms with Crippen LogP contribution in [-0.4, -0.2) is 53.1 Å². The highest BCUT2D eigenvalue weighted by atomic mass is 16.4. The Hall–Kier alpha value is -1.79. The Kier molecular flexibility index (Phi) is 4.69. The van der Waals surface area contributed by atoms with Crippen molar-refractivity contribution < 1.29 is 19.5 Å². The van der Waals surface area contributed by atoms with Crippen LogP contribution in [0.15, 0.2) is 0 Å². The van der Waals surface area contributed by atoms with Gasteiger partial charge in [0.2, 0.25) is 5.91 Å². The number of hydrogen-bond donors (Lipinski definition) is 3. The number of aliphatic carboxylic acids is 1. The first-order chi connectivity index (χ1) is 9.90. The van der Waals surface area contributed by atoms with E-state index in [4.69, 9.17) is 5.11 Å². The Balaban J connectivity index is 2.01. The van der Waals surface area contributed by atoms with Gasteiger partial charge in [0.15, 0.2) is 0 Å². The lowest BCUT2D eigenvalue weighted by Crippen LogP contribution is -2.55. The average molecular weight is 297 g/mol. The summed E-state index contributed by atoms with van der Waals surface area (Å²) in [4.78, 5) is 36.7. The molecule has 2 fully saturated rings. The number of likely N-dealkylation sites (tertiary alicyclic amines) is 1. The SMILES string of the molecule is CC(C)C(CC(=O)O)NC(=O)N1CCCC2C(=O)NCC21. The summed E-state index contributed by atoms with van der Waals surface area (Å²) in [5, 5.41) is 14.5. The summed E-state index contributed by atoms with van der Waals surface area (Å²) in [6, 6.07) is -0.773. The summed E-state index contributed by atoms with van der Waals surface area (Å²) in [6.45, 7) is 4.86. The maximum absolute atomic E-state index is 12.4. The summed E-state index contributed by atoms with van der Waals surface area (Å²) in [6.07, 6.45) is 1.51. The fourth-order valence-corrected chi connectivity index (χ4v) is 3.09. The van der Waals surface area contributed by atoms with Crippen molar-refractivity contribution in [3.8, 4) is 0 Å². The fourth-order valence-electron chi connectivity index (χ4n) is 3.09. The predicted octanol–water partition coefficient (Wildman–Crippen LogP) is 0.406. The van der Waals surface area contributed by atoms with Crippen LogP contribution in [0.5, 0.6) is 0 Å². The van der Waals surface area contributed by atoms with E-state index in [2.05, 4.69) is 10.6 Å². The molecule has 0 radical (unpaired) electrons. The van der Waals surface area contributed by atoms with Crippen LogP contribution in [0.2, 0.25) is 0 Å². The van der Waals surface area contributed by atoms with Gasteiger partial charge in [-0.1, -0.05) is 13.8 Å². The molecule has 2 rings (SSSR count). The van der Waals surface area contributed by atoms with Gasteiger partial charge < -0.3 is 20.6 Å². The van der Waals surface area contributed by atoms with Crippen LogP contribution in [-0.2, 0) is 9.59 Å². The largest absolute Gasteiger partial charge is 0.481 e. The molecule has 21 heavy (non-hydrogen) atoms. The number of carbonyl (C=O) groups excluding carboxylic acids is 2. The maximum Gasteiger partial charge on any atom is 0.317 e. The first-order valence-electron chi connectivity index (χ1n) is 7.46. The quantitative estimate of drug-likeness (QED) is 0.699. The number of carbonyl (C=O) groups is 3. The molecule has 0 aromatic rings. The van der Waals surface area contributed by atoms with Gasteiger partial charge in [0, 0.05) is 19.1 Å². The van der Waals surface area contributed by atoms with Crippen molar-refractivity contribution in [3.05, 3.63) is 0 Å². The number of nitrogens with zero attached hydrogens (tertiary/aromatic N) is 1. The number of urea groups is 1. The standard InChI is InChI=1S/C14H23N3O4/c1-8(2)10(6-12(18)19)16-14(21)17-5-3-4-9-11(17)7-15-13(9)20/h8-11H,3-7H2,1-2H3,(H,15,20)(H,16,21)(H,18,19). The number of carboxylic acids is 1. The molecule has 3 amide bonds. The molecule has 3 atom stereocenters. The van der Waals surface area contributed by atoms with Crippen LogP contribution >= 0.6 is 0 Å². The third-order valence-corrected chi connectivity index (χ3v) is 4.37. The summed E-state index contributed by atoms with van der Waals surface area (Å²) in [7, 11) is 0. The maximum atomic E-state index is 12.4. The van der Waals surface area contributed by atoms with Crippen molar-refractivity contribution in [2.45, 2.75) is 45.2 Å². The molecule has 0 aromatic heterocycles. The molecule has 3 unspecified atom stereocenters. The zero-order chi connectivity index (χ0) is 15.6. The van der Waals surface area contributed by atoms with Crippen molar-refractivity contribution >= 4 is 17.9 Å². The van der Waals surface area contributed by atoms with Crippen LogP contribution in [0, 0.1) is 11.8 Å². The number of piperidine rings is 1. The molecule has 0 bridgehead atoms. The second-order valence-corrected chi connectivity index (χ2v) is 6.15. The lowest BCUT2D eigenvalue weighted by atomic mass is 9.91. The monoisotopic (exact) mass is 297 g/mol. The van der Waals surface area contributed by atoms with Gasteiger partial charge in [0.1, 0.15) is 0 Å². The number of fused-ring (bicyclic) bond motifs is 1. The molecule has 0 aromatic carbocycles. The molecule has 3 N–H and O–H groups in total. The van der Waals surface area contributed by atoms with E-state index in [1.54, 1.807) is 4.90 Å². The van der Waals surface area contributed by atoms with E-state index in [1.807, 2.05) is 13.8 Å². The number of nitrogens with one attached hydrogen (secondary N) is 2. The first kappa shape index (κ1) is 15.6. The predicted molar refractivity (Wildman–Crippen MR) is 75.6 cm³/mol. The minimum atomic E-state index is -0.928. The number of rotatable bonds is 4. The van der Waals surface area contributed by atoms with Crippen molar-refractivity contribution in [2.75, 3.05) is 13.1 Å². The lowest BCUT2D eigenvalue weighted by molar-refractivity contribution is -0.137. The molecular weight excluding hydrogens is 274 g/mol. The molecule has 7 nitrogen and oxygen atoms in total. The molecule has 0 saturated carbocycles. The number of carboxylic acid groups (broad SMARTS) is 1. The van der Waals surface area contributed by atoms with E-state index >= 15 is 0 Å². The fraction of sp³-hybridized carbons (Fsp3) is 0.786. The van der Waals surface area contributed by atoms with Crippen LogP contribution < -0.4 is 10.6 Å². The zero-order valence-electron chi connectivity index (χ0n) is 12.5. The van der Waals surface area contributed by atoms with Crippen molar-refractivity contribution in [2.24, 2.45) is 11.8 Å². The van der Waals surface area contributed by atoms with Gasteiger partial charge in [0.05, 0.1) is 18.4 Å². The van der Waals surface area contributed by atoms with Crippen LogP contribution in [0.4, 0.5) is 4.79 Å². The summed E-state index contributed by atoms with van der Waals surface area (Å²) < 4.78 is 0. The molecule has 118 valence electrons. The Morgan fingerprint density at radius 3 is 2.81 bits per heavy atom. The normalized spacial score (nSPS) is 26.2. The van der Waals surface area contributed by atoms with Gasteiger partial charge in [-0.2, -0.15) is 0 Å². The molecule has 2 aliphatic heterocycles. The Bertz CT molecular complexity index is 438. The Morgan fingerprint density at radius 1 is 1.48 bits per heavy atom. The smallest absolute Gasteiger partial charge is 0.317 e. The van der Waals surface area contributed by atoms with Gasteiger partial charge in [0.25, 0.3) is 0 Å². The van der Waals surface area contributed by atoms with E-state index in [0.717, 1.165) is 12.8 Å². The summed E-state index contributed by atoms with van der Waals surface area (Å²) >= 11 is 0.